The Morgan fingerprint density at radius 3 is 1.29 bits per heavy atom. The third-order valence-electron chi connectivity index (χ3n) is 21.6. The fraction of sp³-hybridized carbons (Fsp3) is 0.696. The van der Waals surface area contributed by atoms with Gasteiger partial charge in [-0.3, -0.25) is 67.1 Å². The van der Waals surface area contributed by atoms with E-state index in [1.807, 2.05) is 62.4 Å². The van der Waals surface area contributed by atoms with Crippen molar-refractivity contribution in [1.82, 2.24) is 84.7 Å². The second-order valence-electron chi connectivity index (χ2n) is 38.6. The summed E-state index contributed by atoms with van der Waals surface area (Å²) in [5.74, 6) is -13.5. The van der Waals surface area contributed by atoms with E-state index in [0.29, 0.717) is 32.1 Å². The number of primary amides is 1. The molecule has 2 aromatic carbocycles. The van der Waals surface area contributed by atoms with Crippen LogP contribution in [-0.4, -0.2) is 224 Å². The minimum atomic E-state index is -1.84. The summed E-state index contributed by atoms with van der Waals surface area (Å²) in [6.07, 6.45) is 1.08. The molecular weight excluding hydrogens is 1650 g/mol. The number of unbranched alkanes of at least 4 members (excludes halogenated alkanes) is 5. The van der Waals surface area contributed by atoms with Crippen LogP contribution in [0.4, 0.5) is 9.59 Å². The molecule has 2 rings (SSSR count). The second kappa shape index (κ2) is 53.4. The van der Waals surface area contributed by atoms with Gasteiger partial charge in [0.15, 0.2) is 0 Å². The molecule has 17 amide bonds. The molecule has 0 aliphatic rings. The van der Waals surface area contributed by atoms with Crippen molar-refractivity contribution >= 4 is 94.8 Å². The molecule has 722 valence electrons. The lowest BCUT2D eigenvalue weighted by Crippen LogP contribution is -2.66. The van der Waals surface area contributed by atoms with Gasteiger partial charge in [0.1, 0.15) is 76.6 Å². The highest BCUT2D eigenvalue weighted by atomic mass is 16.6. The van der Waals surface area contributed by atoms with E-state index in [0.717, 1.165) is 24.0 Å². The molecule has 128 heavy (non-hydrogen) atoms. The maximum Gasteiger partial charge on any atom is 0.408 e. The van der Waals surface area contributed by atoms with Gasteiger partial charge in [0.25, 0.3) is 0 Å². The molecule has 13 atom stereocenters. The van der Waals surface area contributed by atoms with Crippen LogP contribution >= 0.6 is 0 Å². The molecule has 0 saturated carbocycles. The number of nitrogens with one attached hydrogen (secondary N) is 15. The van der Waals surface area contributed by atoms with Gasteiger partial charge < -0.3 is 105 Å². The Labute approximate surface area is 757 Å². The minimum Gasteiger partial charge on any atom is -0.444 e. The van der Waals surface area contributed by atoms with Gasteiger partial charge in [0.2, 0.25) is 82.7 Å². The zero-order chi connectivity index (χ0) is 97.8. The van der Waals surface area contributed by atoms with Gasteiger partial charge in [-0.1, -0.05) is 204 Å². The van der Waals surface area contributed by atoms with Gasteiger partial charge in [-0.25, -0.2) is 9.59 Å². The SMILES string of the molecule is CC[C@H](C)[C@@H](NC(=O)[C@H](NC(=O)[C@H](NC(=O)C(C)(C)NC(=O)CNC(=O)[C@H](NC(=O)OC(C)(C)C)C(C)C)C(C)C)C(C)C)C(=O)NC(C)(C)C(=O)N[C@@H](C(=O)N[C@@H](C(=O)NC(C)(C)C(=O)NCCCCCCCCC(=O)N[C@H](C(=O)N[C@@H](Cc1ccccc1)[C@H](O)CN(Cc1ccccc1)C(=O)N[C@@H](CC(C)C)C(=O)N[C@H](C(N)=O)C(C)C)C(C)C)C(C)C)[C@@H](C)O. The fourth-order valence-electron chi connectivity index (χ4n) is 13.6. The number of hydrogen-bond acceptors (Lipinski definition) is 19. The highest BCUT2D eigenvalue weighted by Gasteiger charge is 2.43. The maximum absolute atomic E-state index is 14.4. The minimum absolute atomic E-state index is 0.0184. The molecule has 0 unspecified atom stereocenters. The number of ether oxygens (including phenoxy) is 1. The van der Waals surface area contributed by atoms with E-state index in [4.69, 9.17) is 10.5 Å². The number of nitrogens with zero attached hydrogens (tertiary/aromatic N) is 1. The number of rotatable bonds is 54. The Balaban J connectivity index is 2.07. The van der Waals surface area contributed by atoms with Crippen LogP contribution in [0.3, 0.4) is 0 Å². The van der Waals surface area contributed by atoms with Crippen LogP contribution in [0.2, 0.25) is 0 Å². The average Bonchev–Trinajstić information content (AvgIpc) is 0.815. The van der Waals surface area contributed by atoms with Crippen molar-refractivity contribution in [2.75, 3.05) is 19.6 Å². The van der Waals surface area contributed by atoms with Crippen molar-refractivity contribution in [3.63, 3.8) is 0 Å². The monoisotopic (exact) mass is 1800 g/mol. The third-order valence-corrected chi connectivity index (χ3v) is 21.6. The van der Waals surface area contributed by atoms with E-state index in [-0.39, 0.29) is 62.6 Å². The number of nitrogens with two attached hydrogens (primary N) is 1. The Morgan fingerprint density at radius 2 is 0.812 bits per heavy atom. The number of carbonyl (C=O) groups excluding carboxylic acids is 16. The first-order chi connectivity index (χ1) is 59.3. The quantitative estimate of drug-likeness (QED) is 0.0406. The summed E-state index contributed by atoms with van der Waals surface area (Å²) in [5, 5.41) is 63.5. The molecule has 0 aromatic heterocycles. The van der Waals surface area contributed by atoms with Gasteiger partial charge in [-0.15, -0.1) is 0 Å². The number of aliphatic hydroxyl groups excluding tert-OH is 2. The summed E-state index contributed by atoms with van der Waals surface area (Å²) in [6, 6.07) is 5.62. The van der Waals surface area contributed by atoms with E-state index in [2.05, 4.69) is 79.8 Å². The zero-order valence-corrected chi connectivity index (χ0v) is 80.6. The zero-order valence-electron chi connectivity index (χ0n) is 80.6. The number of hydrogen-bond donors (Lipinski definition) is 18. The van der Waals surface area contributed by atoms with E-state index >= 15 is 0 Å². The molecule has 0 heterocycles. The van der Waals surface area contributed by atoms with Gasteiger partial charge in [-0.05, 0) is 153 Å². The fourth-order valence-corrected chi connectivity index (χ4v) is 13.6. The number of alkyl carbamates (subject to hydrolysis) is 1. The molecule has 0 saturated heterocycles. The molecular formula is C92H155N17O19. The smallest absolute Gasteiger partial charge is 0.408 e. The average molecular weight is 1800 g/mol. The van der Waals surface area contributed by atoms with Crippen LogP contribution in [0.25, 0.3) is 0 Å². The van der Waals surface area contributed by atoms with Crippen LogP contribution in [0.15, 0.2) is 60.7 Å². The normalized spacial score (nSPS) is 15.0. The molecule has 0 radical (unpaired) electrons. The lowest BCUT2D eigenvalue weighted by molar-refractivity contribution is -0.140. The second-order valence-corrected chi connectivity index (χ2v) is 38.6. The number of aliphatic hydroxyl groups is 2. The van der Waals surface area contributed by atoms with Gasteiger partial charge in [0.05, 0.1) is 31.3 Å². The first kappa shape index (κ1) is 114. The van der Waals surface area contributed by atoms with E-state index < -0.39 is 220 Å². The Bertz CT molecular complexity index is 3980. The van der Waals surface area contributed by atoms with Crippen molar-refractivity contribution in [3.8, 4) is 0 Å². The number of benzene rings is 2. The predicted molar refractivity (Wildman–Crippen MR) is 488 cm³/mol. The molecule has 36 nitrogen and oxygen atoms in total. The predicted octanol–water partition coefficient (Wildman–Crippen LogP) is 4.48. The molecule has 36 heteroatoms. The lowest BCUT2D eigenvalue weighted by Gasteiger charge is -2.34. The topological polar surface area (TPSA) is 533 Å². The van der Waals surface area contributed by atoms with Crippen molar-refractivity contribution in [1.29, 1.82) is 0 Å². The summed E-state index contributed by atoms with van der Waals surface area (Å²) in [5.41, 5.74) is 1.30. The third kappa shape index (κ3) is 40.0. The molecule has 2 aromatic rings. The van der Waals surface area contributed by atoms with Crippen LogP contribution in [-0.2, 0) is 84.8 Å². The van der Waals surface area contributed by atoms with Crippen molar-refractivity contribution in [3.05, 3.63) is 71.8 Å². The van der Waals surface area contributed by atoms with Crippen molar-refractivity contribution < 1.29 is 91.7 Å². The van der Waals surface area contributed by atoms with E-state index in [1.54, 1.807) is 130 Å². The van der Waals surface area contributed by atoms with Crippen LogP contribution in [0.5, 0.6) is 0 Å². The van der Waals surface area contributed by atoms with Crippen molar-refractivity contribution in [2.45, 2.75) is 346 Å². The van der Waals surface area contributed by atoms with Crippen molar-refractivity contribution in [2.24, 2.45) is 53.1 Å². The number of urea groups is 1. The molecule has 19 N–H and O–H groups in total. The van der Waals surface area contributed by atoms with Gasteiger partial charge in [-0.2, -0.15) is 0 Å². The van der Waals surface area contributed by atoms with Crippen LogP contribution < -0.4 is 85.5 Å². The first-order valence-electron chi connectivity index (χ1n) is 45.0. The summed E-state index contributed by atoms with van der Waals surface area (Å²) in [6.45, 7) is 41.5. The first-order valence-corrected chi connectivity index (χ1v) is 45.0. The molecule has 0 fully saturated rings. The van der Waals surface area contributed by atoms with Crippen LogP contribution in [0.1, 0.15) is 249 Å². The lowest BCUT2D eigenvalue weighted by atomic mass is 9.94. The Hall–Kier alpha value is -10.5. The summed E-state index contributed by atoms with van der Waals surface area (Å²) < 4.78 is 5.27. The van der Waals surface area contributed by atoms with E-state index in [1.165, 1.54) is 53.4 Å². The summed E-state index contributed by atoms with van der Waals surface area (Å²) in [7, 11) is 0. The molecule has 0 spiro atoms. The largest absolute Gasteiger partial charge is 0.444 e. The summed E-state index contributed by atoms with van der Waals surface area (Å²) >= 11 is 0. The summed E-state index contributed by atoms with van der Waals surface area (Å²) in [4.78, 5) is 221. The standard InChI is InChI=1S/C92H155N17O19/c1-27-58(16)73(102-79(118)70(55(10)11)100-80(119)71(56(12)13)103-85(124)91(23,24)106-66(113)48-95-77(116)68(53(6)7)105-88(127)128-89(18,19)20)83(122)108-92(25,26)86(125)104-74(59(17)110)81(120)101-72(57(14)15)82(121)107-90(21,22)84(123)94-45-39-31-29-28-30-38-44-65(112)98-69(54(8)9)78(117)96-62(47-60-40-34-32-35-41-60)64(111)50-109(49-61-42-36-33-37-43-61)87(126)97-63(46-51(2)3)76(115)99-67(52(4)5)75(93)114/h32-37,40-43,51-59,62-64,67-74,110-111H,27-31,38-39,44-50H2,1-26H3,(H2,93,114)(H,94,123)(H,95,116)(H,96,117)(H,97,126)(H,98,112)(H,99,115)(H,100,119)(H,101,120)(H,102,118)(H,103,124)(H,104,125)(H,105,127)(H,106,113)(H,107,121)(H,108,122)/t58-,59+,62-,63-,64+,67-,68+,69-,70+,71+,72+,73+,74+/m0/s1. The molecule has 0 aliphatic carbocycles. The van der Waals surface area contributed by atoms with E-state index in [9.17, 15) is 86.9 Å². The van der Waals surface area contributed by atoms with Crippen LogP contribution in [0, 0.1) is 47.3 Å². The van der Waals surface area contributed by atoms with Gasteiger partial charge in [0, 0.05) is 19.5 Å². The highest BCUT2D eigenvalue weighted by Crippen LogP contribution is 2.21. The number of carbonyl (C=O) groups is 16. The Kier molecular flexibility index (Phi) is 47.4. The highest BCUT2D eigenvalue weighted by molar-refractivity contribution is 6.01. The van der Waals surface area contributed by atoms with Gasteiger partial charge >= 0.3 is 12.1 Å². The Morgan fingerprint density at radius 1 is 0.406 bits per heavy atom. The maximum atomic E-state index is 14.4. The molecule has 0 aliphatic heterocycles. The molecule has 0 bridgehead atoms. The number of amides is 17.